The van der Waals surface area contributed by atoms with Crippen molar-refractivity contribution < 1.29 is 29.3 Å². The van der Waals surface area contributed by atoms with Gasteiger partial charge in [-0.2, -0.15) is 0 Å². The van der Waals surface area contributed by atoms with Crippen LogP contribution in [0.3, 0.4) is 0 Å². The second kappa shape index (κ2) is 11.5. The molecule has 1 fully saturated rings. The molecule has 2 N–H and O–H groups in total. The van der Waals surface area contributed by atoms with Crippen molar-refractivity contribution in [3.05, 3.63) is 59.7 Å². The summed E-state index contributed by atoms with van der Waals surface area (Å²) in [5, 5.41) is 19.8. The van der Waals surface area contributed by atoms with Crippen molar-refractivity contribution in [1.82, 2.24) is 0 Å². The molecular formula is C28H32O6. The Morgan fingerprint density at radius 2 is 1.24 bits per heavy atom. The Balaban J connectivity index is 1.82. The van der Waals surface area contributed by atoms with E-state index in [9.17, 15) is 19.8 Å². The molecule has 0 amide bonds. The molecule has 180 valence electrons. The number of carbonyl (C=O) groups is 2. The van der Waals surface area contributed by atoms with Gasteiger partial charge in [0.25, 0.3) is 0 Å². The van der Waals surface area contributed by atoms with Crippen molar-refractivity contribution in [2.45, 2.75) is 46.0 Å². The van der Waals surface area contributed by atoms with Gasteiger partial charge >= 0.3 is 0 Å². The highest BCUT2D eigenvalue weighted by Gasteiger charge is 2.43. The number of benzene rings is 2. The van der Waals surface area contributed by atoms with Gasteiger partial charge in [0.2, 0.25) is 0 Å². The highest BCUT2D eigenvalue weighted by molar-refractivity contribution is 6.17. The maximum Gasteiger partial charge on any atom is 0.169 e. The Hall–Kier alpha value is -3.54. The lowest BCUT2D eigenvalue weighted by Crippen LogP contribution is -2.39. The van der Waals surface area contributed by atoms with Crippen LogP contribution in [0, 0.1) is 5.41 Å². The molecule has 0 spiro atoms. The van der Waals surface area contributed by atoms with Gasteiger partial charge in [0.05, 0.1) is 18.6 Å². The van der Waals surface area contributed by atoms with Crippen molar-refractivity contribution in [3.63, 3.8) is 0 Å². The lowest BCUT2D eigenvalue weighted by atomic mass is 9.68. The fourth-order valence-corrected chi connectivity index (χ4v) is 4.24. The highest BCUT2D eigenvalue weighted by Crippen LogP contribution is 2.39. The summed E-state index contributed by atoms with van der Waals surface area (Å²) in [5.41, 5.74) is 0.331. The number of carbonyl (C=O) groups excluding carboxylic acids is 2. The maximum absolute atomic E-state index is 13.3. The number of ether oxygens (including phenoxy) is 2. The zero-order valence-electron chi connectivity index (χ0n) is 19.8. The van der Waals surface area contributed by atoms with E-state index in [1.807, 2.05) is 13.8 Å². The Bertz CT molecular complexity index is 997. The number of ketones is 2. The molecule has 2 aromatic carbocycles. The van der Waals surface area contributed by atoms with Gasteiger partial charge in [0, 0.05) is 0 Å². The molecule has 0 aliphatic heterocycles. The van der Waals surface area contributed by atoms with E-state index < -0.39 is 5.41 Å². The third kappa shape index (κ3) is 5.87. The third-order valence-electron chi connectivity index (χ3n) is 6.07. The molecule has 6 nitrogen and oxygen atoms in total. The third-order valence-corrected chi connectivity index (χ3v) is 6.07. The number of phenolic OH excluding ortho intramolecular Hbond substituents is 2. The molecule has 3 rings (SSSR count). The van der Waals surface area contributed by atoms with Crippen LogP contribution in [0.2, 0.25) is 0 Å². The van der Waals surface area contributed by atoms with Gasteiger partial charge < -0.3 is 19.7 Å². The molecular weight excluding hydrogens is 432 g/mol. The molecule has 1 saturated carbocycles. The number of aromatic hydroxyl groups is 2. The van der Waals surface area contributed by atoms with E-state index in [0.717, 1.165) is 19.3 Å². The summed E-state index contributed by atoms with van der Waals surface area (Å²) in [6, 6.07) is 9.76. The van der Waals surface area contributed by atoms with Crippen LogP contribution in [0.5, 0.6) is 23.0 Å². The fourth-order valence-electron chi connectivity index (χ4n) is 4.24. The van der Waals surface area contributed by atoms with Gasteiger partial charge in [0.15, 0.2) is 34.6 Å². The summed E-state index contributed by atoms with van der Waals surface area (Å²) in [4.78, 5) is 26.7. The zero-order chi connectivity index (χ0) is 24.6. The van der Waals surface area contributed by atoms with E-state index >= 15 is 0 Å². The average molecular weight is 465 g/mol. The summed E-state index contributed by atoms with van der Waals surface area (Å²) < 4.78 is 10.8. The molecule has 0 aromatic heterocycles. The topological polar surface area (TPSA) is 93.1 Å². The normalized spacial score (nSPS) is 15.5. The van der Waals surface area contributed by atoms with Gasteiger partial charge in [0.1, 0.15) is 0 Å². The van der Waals surface area contributed by atoms with E-state index in [-0.39, 0.29) is 23.1 Å². The zero-order valence-corrected chi connectivity index (χ0v) is 19.8. The van der Waals surface area contributed by atoms with Crippen molar-refractivity contribution in [3.8, 4) is 23.0 Å². The Morgan fingerprint density at radius 1 is 0.794 bits per heavy atom. The predicted molar refractivity (Wildman–Crippen MR) is 132 cm³/mol. The minimum atomic E-state index is -1.08. The van der Waals surface area contributed by atoms with E-state index in [0.29, 0.717) is 48.7 Å². The molecule has 2 aromatic rings. The molecule has 0 heterocycles. The molecule has 1 aliphatic carbocycles. The van der Waals surface area contributed by atoms with Gasteiger partial charge in [-0.3, -0.25) is 9.59 Å². The second-order valence-electron chi connectivity index (χ2n) is 8.36. The SMILES string of the molecule is CCOc1cc(/C=C/C(=O)C2(C(=O)/C=C/c3ccc(O)c(OCC)c3)CCCCC2)ccc1O. The molecule has 1 aliphatic rings. The molecule has 34 heavy (non-hydrogen) atoms. The summed E-state index contributed by atoms with van der Waals surface area (Å²) in [6.45, 7) is 4.48. The lowest BCUT2D eigenvalue weighted by Gasteiger charge is -2.32. The first kappa shape index (κ1) is 25.1. The van der Waals surface area contributed by atoms with Gasteiger partial charge in [-0.15, -0.1) is 0 Å². The number of hydrogen-bond acceptors (Lipinski definition) is 6. The minimum Gasteiger partial charge on any atom is -0.504 e. The predicted octanol–water partition coefficient (Wildman–Crippen LogP) is 5.71. The summed E-state index contributed by atoms with van der Waals surface area (Å²) in [5.74, 6) is 0.349. The molecule has 0 saturated heterocycles. The molecule has 0 bridgehead atoms. The highest BCUT2D eigenvalue weighted by atomic mass is 16.5. The smallest absolute Gasteiger partial charge is 0.169 e. The number of allylic oxidation sites excluding steroid dienone is 2. The van der Waals surface area contributed by atoms with Crippen molar-refractivity contribution >= 4 is 23.7 Å². The van der Waals surface area contributed by atoms with E-state index in [2.05, 4.69) is 0 Å². The summed E-state index contributed by atoms with van der Waals surface area (Å²) >= 11 is 0. The van der Waals surface area contributed by atoms with Crippen molar-refractivity contribution in [2.24, 2.45) is 5.41 Å². The Labute approximate surface area is 200 Å². The Morgan fingerprint density at radius 3 is 1.65 bits per heavy atom. The first-order chi connectivity index (χ1) is 16.4. The molecule has 6 heteroatoms. The van der Waals surface area contributed by atoms with E-state index in [1.54, 1.807) is 36.4 Å². The van der Waals surface area contributed by atoms with Gasteiger partial charge in [-0.1, -0.05) is 43.5 Å². The first-order valence-electron chi connectivity index (χ1n) is 11.8. The number of phenols is 2. The largest absolute Gasteiger partial charge is 0.504 e. The Kier molecular flexibility index (Phi) is 8.52. The van der Waals surface area contributed by atoms with Gasteiger partial charge in [-0.25, -0.2) is 0 Å². The fraction of sp³-hybridized carbons (Fsp3) is 0.357. The maximum atomic E-state index is 13.3. The van der Waals surface area contributed by atoms with Crippen molar-refractivity contribution in [1.29, 1.82) is 0 Å². The van der Waals surface area contributed by atoms with E-state index in [1.165, 1.54) is 24.3 Å². The van der Waals surface area contributed by atoms with E-state index in [4.69, 9.17) is 9.47 Å². The average Bonchev–Trinajstić information content (AvgIpc) is 2.85. The van der Waals surface area contributed by atoms with Crippen LogP contribution in [0.1, 0.15) is 57.1 Å². The summed E-state index contributed by atoms with van der Waals surface area (Å²) in [6.07, 6.45) is 9.91. The number of hydrogen-bond donors (Lipinski definition) is 2. The van der Waals surface area contributed by atoms with Crippen molar-refractivity contribution in [2.75, 3.05) is 13.2 Å². The van der Waals surface area contributed by atoms with Crippen LogP contribution in [0.4, 0.5) is 0 Å². The molecule has 0 atom stereocenters. The quantitative estimate of drug-likeness (QED) is 0.346. The number of rotatable bonds is 10. The van der Waals surface area contributed by atoms with Gasteiger partial charge in [-0.05, 0) is 74.2 Å². The summed E-state index contributed by atoms with van der Waals surface area (Å²) in [7, 11) is 0. The molecule has 0 radical (unpaired) electrons. The van der Waals surface area contributed by atoms with Crippen LogP contribution < -0.4 is 9.47 Å². The lowest BCUT2D eigenvalue weighted by molar-refractivity contribution is -0.137. The van der Waals surface area contributed by atoms with Crippen LogP contribution >= 0.6 is 0 Å². The monoisotopic (exact) mass is 464 g/mol. The first-order valence-corrected chi connectivity index (χ1v) is 11.8. The van der Waals surface area contributed by atoms with Crippen LogP contribution in [0.25, 0.3) is 12.2 Å². The second-order valence-corrected chi connectivity index (χ2v) is 8.36. The standard InChI is InChI=1S/C28H32O6/c1-3-33-24-18-20(8-12-22(24)29)10-14-26(31)28(16-6-5-7-17-28)27(32)15-11-21-9-13-23(30)25(19-21)34-4-2/h8-15,18-19,29-30H,3-7,16-17H2,1-2H3/b14-10+,15-11+. The van der Waals surface area contributed by atoms with Crippen LogP contribution in [-0.4, -0.2) is 35.0 Å². The van der Waals surface area contributed by atoms with Crippen LogP contribution in [0.15, 0.2) is 48.6 Å². The molecule has 0 unspecified atom stereocenters. The minimum absolute atomic E-state index is 0.0381. The van der Waals surface area contributed by atoms with Crippen LogP contribution in [-0.2, 0) is 9.59 Å².